The number of nitrogens with two attached hydrogens (primary N) is 1. The van der Waals surface area contributed by atoms with Gasteiger partial charge in [0.1, 0.15) is 17.2 Å². The van der Waals surface area contributed by atoms with Gasteiger partial charge in [-0.1, -0.05) is 30.3 Å². The molecule has 0 radical (unpaired) electrons. The van der Waals surface area contributed by atoms with Crippen LogP contribution in [0.25, 0.3) is 11.3 Å². The zero-order chi connectivity index (χ0) is 32.4. The van der Waals surface area contributed by atoms with Gasteiger partial charge in [0.25, 0.3) is 5.91 Å². The number of halogens is 1. The van der Waals surface area contributed by atoms with Crippen LogP contribution in [0.5, 0.6) is 0 Å². The maximum absolute atomic E-state index is 13.7. The molecule has 0 aliphatic carbocycles. The summed E-state index contributed by atoms with van der Waals surface area (Å²) in [4.78, 5) is 44.8. The van der Waals surface area contributed by atoms with Crippen molar-refractivity contribution in [1.82, 2.24) is 20.5 Å². The van der Waals surface area contributed by atoms with Crippen molar-refractivity contribution in [2.24, 2.45) is 0 Å². The lowest BCUT2D eigenvalue weighted by atomic mass is 10.1. The van der Waals surface area contributed by atoms with E-state index in [2.05, 4.69) is 16.0 Å². The van der Waals surface area contributed by atoms with Crippen LogP contribution in [-0.2, 0) is 16.0 Å². The van der Waals surface area contributed by atoms with Crippen molar-refractivity contribution in [3.63, 3.8) is 0 Å². The number of benzene rings is 2. The zero-order valence-corrected chi connectivity index (χ0v) is 26.2. The van der Waals surface area contributed by atoms with Gasteiger partial charge in [-0.3, -0.25) is 9.59 Å². The molecule has 1 fully saturated rings. The first-order chi connectivity index (χ1) is 21.5. The van der Waals surface area contributed by atoms with E-state index < -0.39 is 11.7 Å². The van der Waals surface area contributed by atoms with E-state index in [9.17, 15) is 18.8 Å². The second kappa shape index (κ2) is 15.4. The highest BCUT2D eigenvalue weighted by Gasteiger charge is 2.29. The predicted molar refractivity (Wildman–Crippen MR) is 173 cm³/mol. The summed E-state index contributed by atoms with van der Waals surface area (Å²) in [6, 6.07) is 17.1. The van der Waals surface area contributed by atoms with Gasteiger partial charge in [-0.25, -0.2) is 14.2 Å². The summed E-state index contributed by atoms with van der Waals surface area (Å²) in [5.41, 5.74) is 8.72. The second-order valence-electron chi connectivity index (χ2n) is 12.1. The number of anilines is 2. The minimum atomic E-state index is -0.583. The van der Waals surface area contributed by atoms with E-state index in [1.165, 1.54) is 12.1 Å². The van der Waals surface area contributed by atoms with Crippen molar-refractivity contribution in [2.75, 3.05) is 37.2 Å². The molecule has 10 nitrogen and oxygen atoms in total. The maximum atomic E-state index is 13.7. The summed E-state index contributed by atoms with van der Waals surface area (Å²) in [5, 5.41) is 8.93. The Morgan fingerprint density at radius 3 is 2.60 bits per heavy atom. The number of hydrogen-bond donors (Lipinski definition) is 4. The fourth-order valence-electron chi connectivity index (χ4n) is 5.24. The number of amides is 3. The molecule has 4 rings (SSSR count). The topological polar surface area (TPSA) is 139 Å². The fraction of sp³-hybridized carbons (Fsp3) is 0.412. The molecule has 11 heteroatoms. The van der Waals surface area contributed by atoms with E-state index >= 15 is 0 Å². The normalized spacial score (nSPS) is 14.6. The molecule has 0 saturated carbocycles. The first-order valence-electron chi connectivity index (χ1n) is 15.4. The third kappa shape index (κ3) is 9.92. The number of nitrogens with zero attached hydrogens (tertiary/aromatic N) is 2. The number of nitrogen functional groups attached to an aromatic ring is 1. The molecule has 0 bridgehead atoms. The molecular formula is C34H43FN6O4. The molecule has 240 valence electrons. The van der Waals surface area contributed by atoms with Crippen molar-refractivity contribution in [3.05, 3.63) is 77.6 Å². The summed E-state index contributed by atoms with van der Waals surface area (Å²) in [5.74, 6) is -0.237. The monoisotopic (exact) mass is 618 g/mol. The molecule has 1 unspecified atom stereocenters. The number of alkyl carbamates (subject to hydrolysis) is 1. The SMILES string of the molecule is CC(C)(C)OC(=O)NCCCC(=O)N1CCCC1CNC(=O)c1ccc(-c2ccccc2N)nc1NCCc1cccc(F)c1. The summed E-state index contributed by atoms with van der Waals surface area (Å²) >= 11 is 0. The van der Waals surface area contributed by atoms with E-state index in [4.69, 9.17) is 15.5 Å². The molecule has 2 aromatic carbocycles. The number of carbonyl (C=O) groups is 3. The standard InChI is InChI=1S/C34H43FN6O4/c1-34(2,3)45-33(44)38-18-7-14-30(42)41-20-8-11-25(41)22-39-32(43)27-15-16-29(26-12-4-5-13-28(26)36)40-31(27)37-19-17-23-9-6-10-24(35)21-23/h4-6,9-10,12-13,15-16,21,25H,7-8,11,14,17-20,22,36H2,1-3H3,(H,37,40)(H,38,44)(H,39,43). The molecule has 1 atom stereocenters. The van der Waals surface area contributed by atoms with Crippen LogP contribution in [0.2, 0.25) is 0 Å². The fourth-order valence-corrected chi connectivity index (χ4v) is 5.24. The van der Waals surface area contributed by atoms with E-state index in [0.29, 0.717) is 61.8 Å². The third-order valence-electron chi connectivity index (χ3n) is 7.40. The van der Waals surface area contributed by atoms with Crippen LogP contribution in [0, 0.1) is 5.82 Å². The smallest absolute Gasteiger partial charge is 0.407 e. The summed E-state index contributed by atoms with van der Waals surface area (Å²) in [6.07, 6.45) is 2.44. The Kier molecular flexibility index (Phi) is 11.3. The zero-order valence-electron chi connectivity index (χ0n) is 26.2. The van der Waals surface area contributed by atoms with Gasteiger partial charge in [-0.2, -0.15) is 0 Å². The van der Waals surface area contributed by atoms with Crippen molar-refractivity contribution in [2.45, 2.75) is 64.5 Å². The highest BCUT2D eigenvalue weighted by Crippen LogP contribution is 2.27. The molecule has 2 heterocycles. The maximum Gasteiger partial charge on any atom is 0.407 e. The number of aromatic nitrogens is 1. The van der Waals surface area contributed by atoms with E-state index in [1.807, 2.05) is 29.2 Å². The second-order valence-corrected chi connectivity index (χ2v) is 12.1. The number of para-hydroxylation sites is 1. The lowest BCUT2D eigenvalue weighted by Crippen LogP contribution is -2.43. The Morgan fingerprint density at radius 2 is 1.84 bits per heavy atom. The van der Waals surface area contributed by atoms with E-state index in [-0.39, 0.29) is 30.1 Å². The first-order valence-corrected chi connectivity index (χ1v) is 15.4. The minimum absolute atomic E-state index is 0.0103. The Labute approximate surface area is 263 Å². The van der Waals surface area contributed by atoms with E-state index in [1.54, 1.807) is 45.0 Å². The molecule has 3 amide bonds. The van der Waals surface area contributed by atoms with Crippen molar-refractivity contribution < 1.29 is 23.5 Å². The predicted octanol–water partition coefficient (Wildman–Crippen LogP) is 5.15. The third-order valence-corrected chi connectivity index (χ3v) is 7.40. The molecule has 45 heavy (non-hydrogen) atoms. The Hall–Kier alpha value is -4.67. The van der Waals surface area contributed by atoms with Crippen molar-refractivity contribution >= 4 is 29.4 Å². The van der Waals surface area contributed by atoms with Gasteiger partial charge in [0.15, 0.2) is 0 Å². The average molecular weight is 619 g/mol. The lowest BCUT2D eigenvalue weighted by molar-refractivity contribution is -0.132. The summed E-state index contributed by atoms with van der Waals surface area (Å²) in [7, 11) is 0. The van der Waals surface area contributed by atoms with Gasteiger partial charge in [-0.05, 0) is 82.3 Å². The van der Waals surface area contributed by atoms with Crippen LogP contribution in [0.1, 0.15) is 62.4 Å². The van der Waals surface area contributed by atoms with Gasteiger partial charge >= 0.3 is 6.09 Å². The molecule has 1 aliphatic rings. The van der Waals surface area contributed by atoms with E-state index in [0.717, 1.165) is 24.0 Å². The van der Waals surface area contributed by atoms with Gasteiger partial charge in [0.05, 0.1) is 11.3 Å². The Morgan fingerprint density at radius 1 is 1.04 bits per heavy atom. The average Bonchev–Trinajstić information content (AvgIpc) is 3.46. The van der Waals surface area contributed by atoms with Crippen LogP contribution in [0.3, 0.4) is 0 Å². The van der Waals surface area contributed by atoms with Gasteiger partial charge in [0.2, 0.25) is 5.91 Å². The van der Waals surface area contributed by atoms with Crippen LogP contribution in [-0.4, -0.2) is 65.6 Å². The highest BCUT2D eigenvalue weighted by atomic mass is 19.1. The Bertz CT molecular complexity index is 1490. The van der Waals surface area contributed by atoms with Crippen LogP contribution in [0.15, 0.2) is 60.7 Å². The van der Waals surface area contributed by atoms with Crippen LogP contribution in [0.4, 0.5) is 20.7 Å². The summed E-state index contributed by atoms with van der Waals surface area (Å²) in [6.45, 7) is 7.07. The summed E-state index contributed by atoms with van der Waals surface area (Å²) < 4.78 is 18.9. The number of rotatable bonds is 12. The molecule has 1 aliphatic heterocycles. The molecule has 0 spiro atoms. The van der Waals surface area contributed by atoms with Gasteiger partial charge in [0, 0.05) is 49.9 Å². The largest absolute Gasteiger partial charge is 0.444 e. The quantitative estimate of drug-likeness (QED) is 0.163. The van der Waals surface area contributed by atoms with Crippen molar-refractivity contribution in [1.29, 1.82) is 0 Å². The first kappa shape index (κ1) is 33.2. The molecular weight excluding hydrogens is 575 g/mol. The van der Waals surface area contributed by atoms with Crippen LogP contribution >= 0.6 is 0 Å². The highest BCUT2D eigenvalue weighted by molar-refractivity contribution is 5.99. The number of hydrogen-bond acceptors (Lipinski definition) is 7. The lowest BCUT2D eigenvalue weighted by Gasteiger charge is -2.25. The number of likely N-dealkylation sites (tertiary alicyclic amines) is 1. The Balaban J connectivity index is 1.37. The number of pyridine rings is 1. The number of ether oxygens (including phenoxy) is 1. The van der Waals surface area contributed by atoms with Gasteiger partial charge in [-0.15, -0.1) is 0 Å². The molecule has 5 N–H and O–H groups in total. The molecule has 1 aromatic heterocycles. The van der Waals surface area contributed by atoms with Crippen LogP contribution < -0.4 is 21.7 Å². The van der Waals surface area contributed by atoms with Crippen molar-refractivity contribution in [3.8, 4) is 11.3 Å². The minimum Gasteiger partial charge on any atom is -0.444 e. The molecule has 1 saturated heterocycles. The van der Waals surface area contributed by atoms with Gasteiger partial charge < -0.3 is 31.3 Å². The number of carbonyl (C=O) groups excluding carboxylic acids is 3. The molecule has 3 aromatic rings. The number of nitrogens with one attached hydrogen (secondary N) is 3.